The number of sulfonamides is 1. The Morgan fingerprint density at radius 2 is 1.92 bits per heavy atom. The van der Waals surface area contributed by atoms with Crippen molar-refractivity contribution >= 4 is 15.9 Å². The van der Waals surface area contributed by atoms with Gasteiger partial charge in [0.05, 0.1) is 4.90 Å². The van der Waals surface area contributed by atoms with Crippen LogP contribution in [0.1, 0.15) is 62.7 Å². The van der Waals surface area contributed by atoms with Crippen molar-refractivity contribution in [3.63, 3.8) is 0 Å². The van der Waals surface area contributed by atoms with Crippen LogP contribution in [0.25, 0.3) is 0 Å². The van der Waals surface area contributed by atoms with E-state index < -0.39 is 10.0 Å². The number of amides is 1. The van der Waals surface area contributed by atoms with E-state index in [-0.39, 0.29) is 16.8 Å². The van der Waals surface area contributed by atoms with Crippen molar-refractivity contribution in [1.29, 1.82) is 0 Å². The predicted octanol–water partition coefficient (Wildman–Crippen LogP) is 3.17. The zero-order valence-corrected chi connectivity index (χ0v) is 15.4. The first-order valence-corrected chi connectivity index (χ1v) is 10.3. The molecule has 0 saturated carbocycles. The average Bonchev–Trinajstić information content (AvgIpc) is 2.62. The SMILES string of the molecule is CCCCNC(=O)c1ccc(S(=O)(=O)N2CCCCC2CC)cc1. The number of carbonyl (C=O) groups is 1. The molecule has 5 nitrogen and oxygen atoms in total. The number of piperidine rings is 1. The number of carbonyl (C=O) groups excluding carboxylic acids is 1. The van der Waals surface area contributed by atoms with E-state index in [1.807, 2.05) is 6.92 Å². The lowest BCUT2D eigenvalue weighted by Gasteiger charge is -2.34. The Morgan fingerprint density at radius 3 is 2.54 bits per heavy atom. The van der Waals surface area contributed by atoms with E-state index in [4.69, 9.17) is 0 Å². The van der Waals surface area contributed by atoms with E-state index >= 15 is 0 Å². The van der Waals surface area contributed by atoms with Gasteiger partial charge in [-0.25, -0.2) is 8.42 Å². The highest BCUT2D eigenvalue weighted by Crippen LogP contribution is 2.27. The molecule has 1 heterocycles. The number of benzene rings is 1. The molecular weight excluding hydrogens is 324 g/mol. The summed E-state index contributed by atoms with van der Waals surface area (Å²) in [4.78, 5) is 12.3. The average molecular weight is 353 g/mol. The minimum Gasteiger partial charge on any atom is -0.352 e. The van der Waals surface area contributed by atoms with Gasteiger partial charge in [0.25, 0.3) is 5.91 Å². The second-order valence-corrected chi connectivity index (χ2v) is 8.20. The summed E-state index contributed by atoms with van der Waals surface area (Å²) >= 11 is 0. The van der Waals surface area contributed by atoms with Gasteiger partial charge in [0, 0.05) is 24.7 Å². The lowest BCUT2D eigenvalue weighted by Crippen LogP contribution is -2.43. The van der Waals surface area contributed by atoms with Crippen LogP contribution in [0.15, 0.2) is 29.2 Å². The van der Waals surface area contributed by atoms with Crippen LogP contribution < -0.4 is 5.32 Å². The normalized spacial score (nSPS) is 19.2. The molecule has 1 N–H and O–H groups in total. The molecular formula is C18H28N2O3S. The summed E-state index contributed by atoms with van der Waals surface area (Å²) < 4.78 is 27.4. The third-order valence-electron chi connectivity index (χ3n) is 4.58. The molecule has 1 aliphatic rings. The molecule has 0 spiro atoms. The summed E-state index contributed by atoms with van der Waals surface area (Å²) in [5.41, 5.74) is 0.496. The van der Waals surface area contributed by atoms with Crippen LogP contribution in [0.3, 0.4) is 0 Å². The lowest BCUT2D eigenvalue weighted by atomic mass is 10.0. The minimum atomic E-state index is -3.49. The molecule has 1 aromatic rings. The van der Waals surface area contributed by atoms with Gasteiger partial charge in [0.1, 0.15) is 0 Å². The standard InChI is InChI=1S/C18H28N2O3S/c1-3-5-13-19-18(21)15-9-11-17(12-10-15)24(22,23)20-14-7-6-8-16(20)4-2/h9-12,16H,3-8,13-14H2,1-2H3,(H,19,21). The third-order valence-corrected chi connectivity index (χ3v) is 6.55. The maximum Gasteiger partial charge on any atom is 0.251 e. The van der Waals surface area contributed by atoms with Crippen LogP contribution >= 0.6 is 0 Å². The molecule has 2 rings (SSSR count). The first kappa shape index (κ1) is 18.9. The Labute approximate surface area is 145 Å². The molecule has 0 aromatic heterocycles. The summed E-state index contributed by atoms with van der Waals surface area (Å²) in [7, 11) is -3.49. The van der Waals surface area contributed by atoms with E-state index in [2.05, 4.69) is 12.2 Å². The van der Waals surface area contributed by atoms with Crippen molar-refractivity contribution in [1.82, 2.24) is 9.62 Å². The Balaban J connectivity index is 2.12. The summed E-state index contributed by atoms with van der Waals surface area (Å²) in [6.45, 7) is 5.32. The van der Waals surface area contributed by atoms with Crippen LogP contribution in [0, 0.1) is 0 Å². The number of hydrogen-bond acceptors (Lipinski definition) is 3. The van der Waals surface area contributed by atoms with Gasteiger partial charge < -0.3 is 5.32 Å². The van der Waals surface area contributed by atoms with Crippen molar-refractivity contribution in [2.75, 3.05) is 13.1 Å². The molecule has 24 heavy (non-hydrogen) atoms. The Bertz CT molecular complexity index is 641. The molecule has 6 heteroatoms. The van der Waals surface area contributed by atoms with Crippen molar-refractivity contribution in [3.05, 3.63) is 29.8 Å². The van der Waals surface area contributed by atoms with Crippen LogP contribution in [0.4, 0.5) is 0 Å². The van der Waals surface area contributed by atoms with Crippen LogP contribution in [0.2, 0.25) is 0 Å². The van der Waals surface area contributed by atoms with Crippen molar-refractivity contribution in [2.45, 2.75) is 63.3 Å². The molecule has 1 saturated heterocycles. The second-order valence-electron chi connectivity index (χ2n) is 6.31. The maximum absolute atomic E-state index is 12.9. The fraction of sp³-hybridized carbons (Fsp3) is 0.611. The van der Waals surface area contributed by atoms with E-state index in [0.29, 0.717) is 18.7 Å². The van der Waals surface area contributed by atoms with Gasteiger partial charge in [-0.2, -0.15) is 4.31 Å². The zero-order valence-electron chi connectivity index (χ0n) is 14.6. The summed E-state index contributed by atoms with van der Waals surface area (Å²) in [6.07, 6.45) is 5.71. The molecule has 134 valence electrons. The van der Waals surface area contributed by atoms with Crippen LogP contribution in [0.5, 0.6) is 0 Å². The van der Waals surface area contributed by atoms with E-state index in [1.54, 1.807) is 28.6 Å². The lowest BCUT2D eigenvalue weighted by molar-refractivity contribution is 0.0953. The molecule has 0 aliphatic carbocycles. The van der Waals surface area contributed by atoms with Gasteiger partial charge in [-0.05, 0) is 49.9 Å². The highest BCUT2D eigenvalue weighted by Gasteiger charge is 2.32. The van der Waals surface area contributed by atoms with Gasteiger partial charge in [-0.15, -0.1) is 0 Å². The van der Waals surface area contributed by atoms with Gasteiger partial charge in [-0.1, -0.05) is 26.7 Å². The van der Waals surface area contributed by atoms with Crippen molar-refractivity contribution in [2.24, 2.45) is 0 Å². The monoisotopic (exact) mass is 352 g/mol. The molecule has 0 bridgehead atoms. The molecule has 1 fully saturated rings. The van der Waals surface area contributed by atoms with Crippen molar-refractivity contribution in [3.8, 4) is 0 Å². The Kier molecular flexibility index (Phi) is 6.80. The third kappa shape index (κ3) is 4.36. The maximum atomic E-state index is 12.9. The first-order valence-electron chi connectivity index (χ1n) is 8.90. The zero-order chi connectivity index (χ0) is 17.6. The van der Waals surface area contributed by atoms with Crippen LogP contribution in [-0.4, -0.2) is 37.8 Å². The van der Waals surface area contributed by atoms with Gasteiger partial charge in [0.2, 0.25) is 10.0 Å². The molecule has 1 aromatic carbocycles. The fourth-order valence-corrected chi connectivity index (χ4v) is 4.86. The highest BCUT2D eigenvalue weighted by molar-refractivity contribution is 7.89. The van der Waals surface area contributed by atoms with Gasteiger partial charge in [-0.3, -0.25) is 4.79 Å². The summed E-state index contributed by atoms with van der Waals surface area (Å²) in [5.74, 6) is -0.156. The van der Waals surface area contributed by atoms with E-state index in [1.165, 1.54) is 0 Å². The Hall–Kier alpha value is -1.40. The van der Waals surface area contributed by atoms with Crippen LogP contribution in [-0.2, 0) is 10.0 Å². The number of unbranched alkanes of at least 4 members (excludes halogenated alkanes) is 1. The largest absolute Gasteiger partial charge is 0.352 e. The minimum absolute atomic E-state index is 0.0840. The molecule has 1 aliphatic heterocycles. The summed E-state index contributed by atoms with van der Waals surface area (Å²) in [6, 6.07) is 6.37. The number of hydrogen-bond donors (Lipinski definition) is 1. The highest BCUT2D eigenvalue weighted by atomic mass is 32.2. The fourth-order valence-electron chi connectivity index (χ4n) is 3.09. The second kappa shape index (κ2) is 8.62. The van der Waals surface area contributed by atoms with Gasteiger partial charge >= 0.3 is 0 Å². The Morgan fingerprint density at radius 1 is 1.21 bits per heavy atom. The summed E-state index contributed by atoms with van der Waals surface area (Å²) in [5, 5.41) is 2.84. The molecule has 1 amide bonds. The topological polar surface area (TPSA) is 66.5 Å². The smallest absolute Gasteiger partial charge is 0.251 e. The number of rotatable bonds is 7. The molecule has 0 radical (unpaired) electrons. The quantitative estimate of drug-likeness (QED) is 0.767. The van der Waals surface area contributed by atoms with Crippen molar-refractivity contribution < 1.29 is 13.2 Å². The molecule has 1 atom stereocenters. The van der Waals surface area contributed by atoms with Gasteiger partial charge in [0.15, 0.2) is 0 Å². The number of nitrogens with zero attached hydrogens (tertiary/aromatic N) is 1. The number of nitrogens with one attached hydrogen (secondary N) is 1. The predicted molar refractivity (Wildman–Crippen MR) is 95.5 cm³/mol. The first-order chi connectivity index (χ1) is 11.5. The molecule has 1 unspecified atom stereocenters. The van der Waals surface area contributed by atoms with E-state index in [0.717, 1.165) is 38.5 Å². The van der Waals surface area contributed by atoms with E-state index in [9.17, 15) is 13.2 Å².